The molecule has 0 spiro atoms. The normalized spacial score (nSPS) is 14.1. The first-order valence-corrected chi connectivity index (χ1v) is 27.3. The summed E-state index contributed by atoms with van der Waals surface area (Å²) < 4.78 is 39.2. The van der Waals surface area contributed by atoms with Crippen molar-refractivity contribution < 1.29 is 52.2 Å². The number of rotatable bonds is 47. The number of phosphoric ester groups is 1. The molecular weight excluding hydrogens is 856 g/mol. The van der Waals surface area contributed by atoms with Crippen molar-refractivity contribution in [2.75, 3.05) is 26.4 Å². The van der Waals surface area contributed by atoms with Gasteiger partial charge < -0.3 is 24.2 Å². The molecule has 0 fully saturated rings. The molecule has 0 saturated heterocycles. The summed E-state index contributed by atoms with van der Waals surface area (Å²) >= 11 is 0. The van der Waals surface area contributed by atoms with Gasteiger partial charge in [0.1, 0.15) is 12.7 Å². The number of esters is 3. The van der Waals surface area contributed by atoms with Crippen LogP contribution in [0, 0.1) is 0 Å². The van der Waals surface area contributed by atoms with E-state index in [1.807, 2.05) is 12.2 Å². The summed E-state index contributed by atoms with van der Waals surface area (Å²) in [6.07, 6.45) is 51.8. The van der Waals surface area contributed by atoms with Crippen LogP contribution in [0.1, 0.15) is 213 Å². The Morgan fingerprint density at radius 1 is 0.439 bits per heavy atom. The highest BCUT2D eigenvalue weighted by molar-refractivity contribution is 7.47. The maximum absolute atomic E-state index is 12.8. The average Bonchev–Trinajstić information content (AvgIpc) is 3.30. The first-order chi connectivity index (χ1) is 32.2. The number of carbonyl (C=O) groups excluding carboxylic acids is 3. The van der Waals surface area contributed by atoms with E-state index in [4.69, 9.17) is 23.3 Å². The Labute approximate surface area is 401 Å². The number of unbranched alkanes of at least 4 members (excludes halogenated alkanes) is 18. The Morgan fingerprint density at radius 3 is 1.33 bits per heavy atom. The van der Waals surface area contributed by atoms with Gasteiger partial charge in [-0.25, -0.2) is 4.57 Å². The van der Waals surface area contributed by atoms with Gasteiger partial charge in [0.2, 0.25) is 0 Å². The SMILES string of the molecule is CC/C=C\C/C=C\C/C=C\C/C=C\CCC(=O)OC(COC(=O)CCCCCCCCC/C=C\C/C=C\CCCCC)COP(=O)(O)OCC(CO)OC(=O)CCCCCCCCCCC. The van der Waals surface area contributed by atoms with Crippen LogP contribution >= 0.6 is 7.82 Å². The average molecular weight is 949 g/mol. The van der Waals surface area contributed by atoms with Crippen molar-refractivity contribution in [3.63, 3.8) is 0 Å². The van der Waals surface area contributed by atoms with E-state index in [0.717, 1.165) is 83.5 Å². The largest absolute Gasteiger partial charge is 0.472 e. The fraction of sp³-hybridized carbons (Fsp3) is 0.722. The zero-order valence-corrected chi connectivity index (χ0v) is 42.5. The van der Waals surface area contributed by atoms with Gasteiger partial charge in [-0.3, -0.25) is 23.4 Å². The summed E-state index contributed by atoms with van der Waals surface area (Å²) in [5, 5.41) is 9.74. The number of aliphatic hydroxyl groups excluding tert-OH is 1. The molecule has 3 unspecified atom stereocenters. The lowest BCUT2D eigenvalue weighted by Crippen LogP contribution is -2.30. The van der Waals surface area contributed by atoms with E-state index < -0.39 is 57.8 Å². The molecule has 11 nitrogen and oxygen atoms in total. The number of hydrogen-bond acceptors (Lipinski definition) is 10. The second kappa shape index (κ2) is 48.4. The first-order valence-electron chi connectivity index (χ1n) is 25.8. The van der Waals surface area contributed by atoms with E-state index in [0.29, 0.717) is 19.3 Å². The molecule has 0 radical (unpaired) electrons. The Morgan fingerprint density at radius 2 is 0.818 bits per heavy atom. The third-order valence-corrected chi connectivity index (χ3v) is 11.6. The molecule has 0 aromatic heterocycles. The molecule has 0 aliphatic rings. The quantitative estimate of drug-likeness (QED) is 0.0197. The molecule has 0 heterocycles. The van der Waals surface area contributed by atoms with Crippen molar-refractivity contribution in [3.8, 4) is 0 Å². The third-order valence-electron chi connectivity index (χ3n) is 10.6. The second-order valence-electron chi connectivity index (χ2n) is 17.0. The van der Waals surface area contributed by atoms with Crippen LogP contribution < -0.4 is 0 Å². The van der Waals surface area contributed by atoms with Crippen molar-refractivity contribution in [1.82, 2.24) is 0 Å². The van der Waals surface area contributed by atoms with E-state index in [-0.39, 0.29) is 25.9 Å². The lowest BCUT2D eigenvalue weighted by atomic mass is 10.1. The van der Waals surface area contributed by atoms with Crippen LogP contribution in [0.4, 0.5) is 0 Å². The fourth-order valence-corrected chi connectivity index (χ4v) is 7.48. The maximum atomic E-state index is 12.8. The van der Waals surface area contributed by atoms with Crippen LogP contribution in [0.15, 0.2) is 72.9 Å². The van der Waals surface area contributed by atoms with Gasteiger partial charge in [-0.15, -0.1) is 0 Å². The predicted molar refractivity (Wildman–Crippen MR) is 270 cm³/mol. The van der Waals surface area contributed by atoms with Crippen molar-refractivity contribution in [2.24, 2.45) is 0 Å². The van der Waals surface area contributed by atoms with Crippen molar-refractivity contribution in [3.05, 3.63) is 72.9 Å². The highest BCUT2D eigenvalue weighted by Gasteiger charge is 2.28. The minimum atomic E-state index is -4.76. The molecular formula is C54H93O11P. The second-order valence-corrected chi connectivity index (χ2v) is 18.4. The predicted octanol–water partition coefficient (Wildman–Crippen LogP) is 14.6. The summed E-state index contributed by atoms with van der Waals surface area (Å²) in [5.74, 6) is -1.58. The topological polar surface area (TPSA) is 155 Å². The van der Waals surface area contributed by atoms with Crippen LogP contribution in [-0.4, -0.2) is 66.5 Å². The van der Waals surface area contributed by atoms with Gasteiger partial charge in [-0.1, -0.05) is 190 Å². The lowest BCUT2D eigenvalue weighted by Gasteiger charge is -2.21. The molecule has 0 aromatic rings. The molecule has 66 heavy (non-hydrogen) atoms. The zero-order chi connectivity index (χ0) is 48.4. The van der Waals surface area contributed by atoms with Crippen molar-refractivity contribution in [1.29, 1.82) is 0 Å². The van der Waals surface area contributed by atoms with Gasteiger partial charge in [-0.2, -0.15) is 0 Å². The number of aliphatic hydroxyl groups is 1. The zero-order valence-electron chi connectivity index (χ0n) is 41.6. The molecule has 3 atom stereocenters. The van der Waals surface area contributed by atoms with Gasteiger partial charge in [0.05, 0.1) is 19.8 Å². The number of hydrogen-bond donors (Lipinski definition) is 2. The van der Waals surface area contributed by atoms with Crippen LogP contribution in [-0.2, 0) is 42.2 Å². The Balaban J connectivity index is 4.82. The van der Waals surface area contributed by atoms with E-state index in [2.05, 4.69) is 81.5 Å². The van der Waals surface area contributed by atoms with E-state index >= 15 is 0 Å². The van der Waals surface area contributed by atoms with Crippen LogP contribution in [0.3, 0.4) is 0 Å². The summed E-state index contributed by atoms with van der Waals surface area (Å²) in [6, 6.07) is 0. The molecule has 0 aliphatic heterocycles. The van der Waals surface area contributed by atoms with E-state index in [9.17, 15) is 28.9 Å². The third kappa shape index (κ3) is 46.0. The van der Waals surface area contributed by atoms with E-state index in [1.165, 1.54) is 70.6 Å². The van der Waals surface area contributed by atoms with Crippen LogP contribution in [0.5, 0.6) is 0 Å². The molecule has 0 aliphatic carbocycles. The molecule has 0 aromatic carbocycles. The van der Waals surface area contributed by atoms with E-state index in [1.54, 1.807) is 0 Å². The Bertz CT molecular complexity index is 1390. The molecule has 380 valence electrons. The van der Waals surface area contributed by atoms with Crippen molar-refractivity contribution in [2.45, 2.75) is 226 Å². The minimum absolute atomic E-state index is 0.0438. The monoisotopic (exact) mass is 949 g/mol. The standard InChI is InChI=1S/C54H93O11P/c1-4-7-10-13-16-19-21-23-24-25-26-28-29-32-34-37-40-43-52(56)61-47-51(65-54(58)45-42-39-36-33-30-27-22-20-17-14-11-8-5-2)49-63-66(59,60)62-48-50(46-55)64-53(57)44-41-38-35-31-18-15-12-9-6-3/h8,11,16-17,19-20,23-24,27,30,36,39,50-51,55H,4-7,9-10,12-15,18,21-22,25-26,28-29,31-35,37-38,40-49H2,1-3H3,(H,59,60)/b11-8-,19-16-,20-17-,24-23-,30-27-,39-36-. The smallest absolute Gasteiger partial charge is 0.462 e. The Hall–Kier alpha value is -3.08. The Kier molecular flexibility index (Phi) is 46.1. The molecule has 0 rings (SSSR count). The fourth-order valence-electron chi connectivity index (χ4n) is 6.69. The molecule has 12 heteroatoms. The minimum Gasteiger partial charge on any atom is -0.462 e. The summed E-state index contributed by atoms with van der Waals surface area (Å²) in [4.78, 5) is 48.2. The molecule has 0 bridgehead atoms. The van der Waals surface area contributed by atoms with Crippen LogP contribution in [0.25, 0.3) is 0 Å². The molecule has 0 amide bonds. The number of carbonyl (C=O) groups is 3. The highest BCUT2D eigenvalue weighted by Crippen LogP contribution is 2.43. The maximum Gasteiger partial charge on any atom is 0.472 e. The number of phosphoric acid groups is 1. The summed E-state index contributed by atoms with van der Waals surface area (Å²) in [5.41, 5.74) is 0. The lowest BCUT2D eigenvalue weighted by molar-refractivity contribution is -0.161. The van der Waals surface area contributed by atoms with Crippen LogP contribution in [0.2, 0.25) is 0 Å². The molecule has 2 N–H and O–H groups in total. The molecule has 0 saturated carbocycles. The highest BCUT2D eigenvalue weighted by atomic mass is 31.2. The van der Waals surface area contributed by atoms with Crippen molar-refractivity contribution >= 4 is 25.7 Å². The van der Waals surface area contributed by atoms with Gasteiger partial charge in [0, 0.05) is 19.3 Å². The first kappa shape index (κ1) is 62.9. The van der Waals surface area contributed by atoms with Gasteiger partial charge in [0.15, 0.2) is 6.10 Å². The summed E-state index contributed by atoms with van der Waals surface area (Å²) in [6.45, 7) is 4.37. The van der Waals surface area contributed by atoms with Gasteiger partial charge in [-0.05, 0) is 77.0 Å². The number of ether oxygens (including phenoxy) is 3. The summed E-state index contributed by atoms with van der Waals surface area (Å²) in [7, 11) is -4.76. The van der Waals surface area contributed by atoms with Gasteiger partial charge in [0.25, 0.3) is 0 Å². The number of allylic oxidation sites excluding steroid dienone is 12. The van der Waals surface area contributed by atoms with Gasteiger partial charge >= 0.3 is 25.7 Å².